The molecule has 0 amide bonds. The van der Waals surface area contributed by atoms with E-state index in [9.17, 15) is 10.1 Å². The predicted molar refractivity (Wildman–Crippen MR) is 58.6 cm³/mol. The molecule has 0 atom stereocenters. The van der Waals surface area contributed by atoms with E-state index >= 15 is 0 Å². The lowest BCUT2D eigenvalue weighted by Gasteiger charge is -2.02. The van der Waals surface area contributed by atoms with Crippen LogP contribution < -0.4 is 4.74 Å². The molecule has 0 unspecified atom stereocenters. The highest BCUT2D eigenvalue weighted by molar-refractivity contribution is 6.32. The van der Waals surface area contributed by atoms with E-state index in [2.05, 4.69) is 0 Å². The number of ether oxygens (including phenoxy) is 1. The molecule has 0 radical (unpaired) electrons. The van der Waals surface area contributed by atoms with E-state index in [1.807, 2.05) is 0 Å². The second-order valence-electron chi connectivity index (χ2n) is 2.94. The van der Waals surface area contributed by atoms with E-state index < -0.39 is 4.92 Å². The zero-order valence-corrected chi connectivity index (χ0v) is 9.12. The van der Waals surface area contributed by atoms with Crippen LogP contribution in [0.1, 0.15) is 12.5 Å². The van der Waals surface area contributed by atoms with Gasteiger partial charge in [0, 0.05) is 13.0 Å². The average Bonchev–Trinajstić information content (AvgIpc) is 2.18. The van der Waals surface area contributed by atoms with Gasteiger partial charge in [-0.15, -0.1) is 0 Å². The van der Waals surface area contributed by atoms with Crippen LogP contribution in [0.25, 0.3) is 6.08 Å². The van der Waals surface area contributed by atoms with Crippen LogP contribution in [0.2, 0.25) is 5.02 Å². The van der Waals surface area contributed by atoms with Crippen molar-refractivity contribution in [3.05, 3.63) is 44.6 Å². The minimum atomic E-state index is -0.446. The Kier molecular flexibility index (Phi) is 3.68. The molecule has 0 aliphatic carbocycles. The lowest BCUT2D eigenvalue weighted by Crippen LogP contribution is -1.93. The van der Waals surface area contributed by atoms with Crippen molar-refractivity contribution >= 4 is 17.7 Å². The Balaban J connectivity index is 3.03. The first-order valence-electron chi connectivity index (χ1n) is 4.21. The maximum Gasteiger partial charge on any atom is 0.243 e. The minimum Gasteiger partial charge on any atom is -0.495 e. The van der Waals surface area contributed by atoms with Crippen molar-refractivity contribution in [2.45, 2.75) is 6.92 Å². The van der Waals surface area contributed by atoms with E-state index in [0.29, 0.717) is 16.3 Å². The van der Waals surface area contributed by atoms with Gasteiger partial charge in [0.25, 0.3) is 0 Å². The number of hydrogen-bond donors (Lipinski definition) is 0. The summed E-state index contributed by atoms with van der Waals surface area (Å²) in [6.45, 7) is 1.43. The fraction of sp³-hybridized carbons (Fsp3) is 0.200. The monoisotopic (exact) mass is 227 g/mol. The van der Waals surface area contributed by atoms with E-state index in [1.54, 1.807) is 18.2 Å². The Labute approximate surface area is 92.3 Å². The van der Waals surface area contributed by atoms with Gasteiger partial charge in [-0.25, -0.2) is 0 Å². The molecule has 0 fully saturated rings. The van der Waals surface area contributed by atoms with Gasteiger partial charge in [-0.2, -0.15) is 0 Å². The van der Waals surface area contributed by atoms with Gasteiger partial charge in [-0.3, -0.25) is 10.1 Å². The van der Waals surface area contributed by atoms with Crippen molar-refractivity contribution in [3.8, 4) is 5.75 Å². The summed E-state index contributed by atoms with van der Waals surface area (Å²) in [5.74, 6) is 0.549. The smallest absolute Gasteiger partial charge is 0.243 e. The van der Waals surface area contributed by atoms with Crippen molar-refractivity contribution in [3.63, 3.8) is 0 Å². The van der Waals surface area contributed by atoms with Gasteiger partial charge in [0.2, 0.25) is 5.70 Å². The lowest BCUT2D eigenvalue weighted by atomic mass is 10.2. The first-order valence-corrected chi connectivity index (χ1v) is 4.58. The largest absolute Gasteiger partial charge is 0.495 e. The van der Waals surface area contributed by atoms with Crippen molar-refractivity contribution in [2.24, 2.45) is 0 Å². The van der Waals surface area contributed by atoms with Crippen LogP contribution in [0, 0.1) is 10.1 Å². The van der Waals surface area contributed by atoms with Crippen LogP contribution in [-0.2, 0) is 0 Å². The average molecular weight is 228 g/mol. The molecule has 0 saturated carbocycles. The normalized spacial score (nSPS) is 11.3. The lowest BCUT2D eigenvalue weighted by molar-refractivity contribution is -0.422. The fourth-order valence-corrected chi connectivity index (χ4v) is 1.33. The Morgan fingerprint density at radius 2 is 2.27 bits per heavy atom. The highest BCUT2D eigenvalue weighted by Gasteiger charge is 2.04. The molecule has 0 aliphatic rings. The zero-order chi connectivity index (χ0) is 11.4. The third-order valence-corrected chi connectivity index (χ3v) is 2.13. The van der Waals surface area contributed by atoms with Gasteiger partial charge in [-0.05, 0) is 17.7 Å². The van der Waals surface area contributed by atoms with E-state index in [0.717, 1.165) is 0 Å². The number of nitrogens with zero attached hydrogens (tertiary/aromatic N) is 1. The quantitative estimate of drug-likeness (QED) is 0.589. The molecule has 80 valence electrons. The molecule has 0 saturated heterocycles. The topological polar surface area (TPSA) is 52.4 Å². The highest BCUT2D eigenvalue weighted by Crippen LogP contribution is 2.25. The Hall–Kier alpha value is -1.55. The summed E-state index contributed by atoms with van der Waals surface area (Å²) in [5, 5.41) is 10.8. The van der Waals surface area contributed by atoms with Gasteiger partial charge in [0.05, 0.1) is 17.1 Å². The van der Waals surface area contributed by atoms with Gasteiger partial charge in [0.1, 0.15) is 5.75 Å². The second kappa shape index (κ2) is 4.79. The van der Waals surface area contributed by atoms with Crippen LogP contribution in [0.4, 0.5) is 0 Å². The highest BCUT2D eigenvalue weighted by atomic mass is 35.5. The second-order valence-corrected chi connectivity index (χ2v) is 3.34. The summed E-state index contributed by atoms with van der Waals surface area (Å²) in [4.78, 5) is 9.94. The number of rotatable bonds is 3. The maximum absolute atomic E-state index is 10.4. The molecule has 5 heteroatoms. The number of halogens is 1. The number of allylic oxidation sites excluding steroid dienone is 1. The molecule has 0 aromatic heterocycles. The van der Waals surface area contributed by atoms with Crippen molar-refractivity contribution in [1.82, 2.24) is 0 Å². The summed E-state index contributed by atoms with van der Waals surface area (Å²) >= 11 is 5.87. The van der Waals surface area contributed by atoms with E-state index in [1.165, 1.54) is 20.1 Å². The minimum absolute atomic E-state index is 0.0660. The molecule has 0 bridgehead atoms. The molecule has 0 spiro atoms. The van der Waals surface area contributed by atoms with Gasteiger partial charge < -0.3 is 4.74 Å². The molecule has 0 aliphatic heterocycles. The van der Waals surface area contributed by atoms with Gasteiger partial charge in [-0.1, -0.05) is 17.7 Å². The van der Waals surface area contributed by atoms with Gasteiger partial charge >= 0.3 is 0 Å². The molecule has 0 N–H and O–H groups in total. The van der Waals surface area contributed by atoms with Crippen LogP contribution >= 0.6 is 11.6 Å². The Morgan fingerprint density at radius 3 is 2.73 bits per heavy atom. The number of nitro groups is 1. The van der Waals surface area contributed by atoms with Crippen molar-refractivity contribution in [2.75, 3.05) is 7.11 Å². The predicted octanol–water partition coefficient (Wildman–Crippen LogP) is 2.99. The molecule has 4 nitrogen and oxygen atoms in total. The maximum atomic E-state index is 10.4. The molecule has 15 heavy (non-hydrogen) atoms. The van der Waals surface area contributed by atoms with Crippen LogP contribution in [0.15, 0.2) is 23.9 Å². The summed E-state index contributed by atoms with van der Waals surface area (Å²) in [5.41, 5.74) is 0.742. The third kappa shape index (κ3) is 2.95. The summed E-state index contributed by atoms with van der Waals surface area (Å²) < 4.78 is 4.97. The SMILES string of the molecule is COc1ccc(C=C(C)[N+](=O)[O-])cc1Cl. The molecule has 1 rings (SSSR count). The third-order valence-electron chi connectivity index (χ3n) is 1.84. The van der Waals surface area contributed by atoms with Crippen molar-refractivity contribution < 1.29 is 9.66 Å². The Morgan fingerprint density at radius 1 is 1.60 bits per heavy atom. The molecule has 1 aromatic rings. The first kappa shape index (κ1) is 11.5. The van der Waals surface area contributed by atoms with Crippen LogP contribution in [0.5, 0.6) is 5.75 Å². The molecular formula is C10H10ClNO3. The molecular weight excluding hydrogens is 218 g/mol. The fourth-order valence-electron chi connectivity index (χ4n) is 1.07. The summed E-state index contributed by atoms with van der Waals surface area (Å²) in [6, 6.07) is 4.99. The number of benzene rings is 1. The van der Waals surface area contributed by atoms with Crippen LogP contribution in [0.3, 0.4) is 0 Å². The summed E-state index contributed by atoms with van der Waals surface area (Å²) in [6.07, 6.45) is 1.45. The Bertz CT molecular complexity index is 415. The van der Waals surface area contributed by atoms with Crippen LogP contribution in [-0.4, -0.2) is 12.0 Å². The molecule has 1 aromatic carbocycles. The molecule has 0 heterocycles. The van der Waals surface area contributed by atoms with E-state index in [-0.39, 0.29) is 5.70 Å². The zero-order valence-electron chi connectivity index (χ0n) is 8.36. The van der Waals surface area contributed by atoms with E-state index in [4.69, 9.17) is 16.3 Å². The first-order chi connectivity index (χ1) is 7.04. The summed E-state index contributed by atoms with van der Waals surface area (Å²) in [7, 11) is 1.51. The van der Waals surface area contributed by atoms with Crippen molar-refractivity contribution in [1.29, 1.82) is 0 Å². The number of hydrogen-bond acceptors (Lipinski definition) is 3. The van der Waals surface area contributed by atoms with Gasteiger partial charge in [0.15, 0.2) is 0 Å². The standard InChI is InChI=1S/C10H10ClNO3/c1-7(12(13)14)5-8-3-4-10(15-2)9(11)6-8/h3-6H,1-2H3. The number of methoxy groups -OCH3 is 1.